The van der Waals surface area contributed by atoms with Crippen molar-refractivity contribution in [2.24, 2.45) is 0 Å². The van der Waals surface area contributed by atoms with Crippen molar-refractivity contribution in [1.82, 2.24) is 10.6 Å². The summed E-state index contributed by atoms with van der Waals surface area (Å²) in [5, 5.41) is 5.81. The number of rotatable bonds is 6. The molecule has 0 atom stereocenters. The minimum Gasteiger partial charge on any atom is -0.350 e. The van der Waals surface area contributed by atoms with Crippen LogP contribution in [0, 0.1) is 0 Å². The number of anilines is 1. The number of nitrogens with one attached hydrogen (secondary N) is 2. The van der Waals surface area contributed by atoms with Crippen LogP contribution in [0.2, 0.25) is 5.02 Å². The fraction of sp³-hybridized carbons (Fsp3) is 0.286. The molecular weight excluding hydrogens is 378 g/mol. The summed E-state index contributed by atoms with van der Waals surface area (Å²) < 4.78 is 0. The third kappa shape index (κ3) is 5.33. The first-order valence-corrected chi connectivity index (χ1v) is 9.60. The Bertz CT molecular complexity index is 885. The first kappa shape index (κ1) is 19.9. The number of nitrogens with zero attached hydrogens (tertiary/aromatic N) is 1. The Morgan fingerprint density at radius 3 is 2.64 bits per heavy atom. The minimum absolute atomic E-state index is 0.129. The van der Waals surface area contributed by atoms with Crippen LogP contribution in [-0.2, 0) is 16.1 Å². The Morgan fingerprint density at radius 2 is 1.86 bits per heavy atom. The molecule has 0 aliphatic carbocycles. The molecule has 0 bridgehead atoms. The maximum absolute atomic E-state index is 12.1. The van der Waals surface area contributed by atoms with Gasteiger partial charge in [-0.25, -0.2) is 0 Å². The van der Waals surface area contributed by atoms with E-state index < -0.39 is 0 Å². The van der Waals surface area contributed by atoms with Gasteiger partial charge in [0.1, 0.15) is 0 Å². The molecule has 0 spiro atoms. The molecule has 0 unspecified atom stereocenters. The van der Waals surface area contributed by atoms with Gasteiger partial charge in [-0.15, -0.1) is 0 Å². The number of hydrogen-bond donors (Lipinski definition) is 2. The second-order valence-electron chi connectivity index (χ2n) is 6.64. The van der Waals surface area contributed by atoms with Crippen LogP contribution in [0.25, 0.3) is 0 Å². The molecule has 1 aliphatic rings. The fourth-order valence-electron chi connectivity index (χ4n) is 3.07. The minimum atomic E-state index is -0.358. The van der Waals surface area contributed by atoms with Crippen molar-refractivity contribution in [3.63, 3.8) is 0 Å². The molecule has 7 heteroatoms. The lowest BCUT2D eigenvalue weighted by atomic mass is 10.1. The molecule has 2 aromatic carbocycles. The molecule has 6 nitrogen and oxygen atoms in total. The van der Waals surface area contributed by atoms with Gasteiger partial charge in [-0.2, -0.15) is 0 Å². The number of hydrogen-bond acceptors (Lipinski definition) is 3. The van der Waals surface area contributed by atoms with Crippen molar-refractivity contribution in [2.75, 3.05) is 18.0 Å². The van der Waals surface area contributed by atoms with E-state index >= 15 is 0 Å². The van der Waals surface area contributed by atoms with Crippen LogP contribution in [-0.4, -0.2) is 30.8 Å². The van der Waals surface area contributed by atoms with Gasteiger partial charge in [0.15, 0.2) is 0 Å². The first-order valence-electron chi connectivity index (χ1n) is 9.23. The second kappa shape index (κ2) is 9.37. The summed E-state index contributed by atoms with van der Waals surface area (Å²) in [7, 11) is 0. The Hall–Kier alpha value is -2.86. The van der Waals surface area contributed by atoms with Crippen LogP contribution >= 0.6 is 11.6 Å². The molecule has 2 aromatic rings. The summed E-state index contributed by atoms with van der Waals surface area (Å²) in [5.74, 6) is -0.519. The first-order chi connectivity index (χ1) is 13.5. The van der Waals surface area contributed by atoms with Crippen molar-refractivity contribution < 1.29 is 14.4 Å². The zero-order chi connectivity index (χ0) is 19.9. The van der Waals surface area contributed by atoms with E-state index in [1.54, 1.807) is 29.2 Å². The summed E-state index contributed by atoms with van der Waals surface area (Å²) >= 11 is 5.86. The third-order valence-corrected chi connectivity index (χ3v) is 4.77. The zero-order valence-corrected chi connectivity index (χ0v) is 16.2. The Balaban J connectivity index is 1.50. The maximum atomic E-state index is 12.1. The molecule has 0 radical (unpaired) electrons. The van der Waals surface area contributed by atoms with Gasteiger partial charge in [0.05, 0.1) is 6.54 Å². The van der Waals surface area contributed by atoms with Crippen molar-refractivity contribution in [1.29, 1.82) is 0 Å². The monoisotopic (exact) mass is 399 g/mol. The van der Waals surface area contributed by atoms with Gasteiger partial charge >= 0.3 is 0 Å². The Morgan fingerprint density at radius 1 is 1.04 bits per heavy atom. The average molecular weight is 400 g/mol. The highest BCUT2D eigenvalue weighted by molar-refractivity contribution is 6.31. The van der Waals surface area contributed by atoms with Crippen molar-refractivity contribution in [2.45, 2.75) is 25.8 Å². The summed E-state index contributed by atoms with van der Waals surface area (Å²) in [6.45, 7) is 0.918. The highest BCUT2D eigenvalue weighted by atomic mass is 35.5. The van der Waals surface area contributed by atoms with E-state index in [4.69, 9.17) is 11.6 Å². The van der Waals surface area contributed by atoms with E-state index in [1.165, 1.54) is 0 Å². The topological polar surface area (TPSA) is 78.5 Å². The average Bonchev–Trinajstić information content (AvgIpc) is 2.71. The largest absolute Gasteiger partial charge is 0.350 e. The van der Waals surface area contributed by atoms with E-state index in [2.05, 4.69) is 10.6 Å². The van der Waals surface area contributed by atoms with Crippen LogP contribution < -0.4 is 15.5 Å². The number of amides is 3. The Labute approximate surface area is 168 Å². The lowest BCUT2D eigenvalue weighted by molar-refractivity contribution is -0.120. The number of piperidine rings is 1. The zero-order valence-electron chi connectivity index (χ0n) is 15.4. The molecule has 28 heavy (non-hydrogen) atoms. The van der Waals surface area contributed by atoms with E-state index in [0.717, 1.165) is 30.6 Å². The molecule has 1 saturated heterocycles. The SMILES string of the molecule is O=C(CNC(=O)c1cccc(Cl)c1)NCc1cccc(N2CCCCC2=O)c1. The molecule has 0 aromatic heterocycles. The molecule has 3 rings (SSSR count). The molecular formula is C21H22ClN3O3. The number of carbonyl (C=O) groups excluding carboxylic acids is 3. The smallest absolute Gasteiger partial charge is 0.251 e. The standard InChI is InChI=1S/C21H22ClN3O3/c22-17-7-4-6-16(12-17)21(28)24-14-19(26)23-13-15-5-3-8-18(11-15)25-10-2-1-9-20(25)27/h3-8,11-12H,1-2,9-10,13-14H2,(H,23,26)(H,24,28). The molecule has 1 heterocycles. The number of benzene rings is 2. The maximum Gasteiger partial charge on any atom is 0.251 e. The van der Waals surface area contributed by atoms with Gasteiger partial charge in [-0.1, -0.05) is 29.8 Å². The third-order valence-electron chi connectivity index (χ3n) is 4.53. The molecule has 2 N–H and O–H groups in total. The van der Waals surface area contributed by atoms with E-state index in [9.17, 15) is 14.4 Å². The molecule has 146 valence electrons. The van der Waals surface area contributed by atoms with Crippen LogP contribution in [0.15, 0.2) is 48.5 Å². The predicted octanol–water partition coefficient (Wildman–Crippen LogP) is 2.90. The van der Waals surface area contributed by atoms with Crippen LogP contribution in [0.4, 0.5) is 5.69 Å². The van der Waals surface area contributed by atoms with Crippen LogP contribution in [0.5, 0.6) is 0 Å². The lowest BCUT2D eigenvalue weighted by Crippen LogP contribution is -2.37. The summed E-state index contributed by atoms with van der Waals surface area (Å²) in [6, 6.07) is 14.1. The van der Waals surface area contributed by atoms with E-state index in [-0.39, 0.29) is 24.3 Å². The normalized spacial score (nSPS) is 13.9. The van der Waals surface area contributed by atoms with Gasteiger partial charge in [-0.05, 0) is 48.7 Å². The number of carbonyl (C=O) groups is 3. The summed E-state index contributed by atoms with van der Waals surface area (Å²) in [4.78, 5) is 37.9. The summed E-state index contributed by atoms with van der Waals surface area (Å²) in [5.41, 5.74) is 2.15. The van der Waals surface area contributed by atoms with Gasteiger partial charge in [0, 0.05) is 35.8 Å². The molecule has 1 aliphatic heterocycles. The molecule has 0 saturated carbocycles. The van der Waals surface area contributed by atoms with E-state index in [1.807, 2.05) is 24.3 Å². The lowest BCUT2D eigenvalue weighted by Gasteiger charge is -2.27. The van der Waals surface area contributed by atoms with Gasteiger partial charge in [0.2, 0.25) is 11.8 Å². The molecule has 1 fully saturated rings. The summed E-state index contributed by atoms with van der Waals surface area (Å²) in [6.07, 6.45) is 2.51. The van der Waals surface area contributed by atoms with E-state index in [0.29, 0.717) is 23.6 Å². The molecule has 3 amide bonds. The van der Waals surface area contributed by atoms with Gasteiger partial charge < -0.3 is 15.5 Å². The fourth-order valence-corrected chi connectivity index (χ4v) is 3.26. The van der Waals surface area contributed by atoms with Crippen molar-refractivity contribution in [3.8, 4) is 0 Å². The van der Waals surface area contributed by atoms with Gasteiger partial charge in [-0.3, -0.25) is 14.4 Å². The number of halogens is 1. The quantitative estimate of drug-likeness (QED) is 0.783. The highest BCUT2D eigenvalue weighted by Gasteiger charge is 2.19. The van der Waals surface area contributed by atoms with Crippen LogP contribution in [0.1, 0.15) is 35.2 Å². The van der Waals surface area contributed by atoms with Gasteiger partial charge in [0.25, 0.3) is 5.91 Å². The van der Waals surface area contributed by atoms with Crippen LogP contribution in [0.3, 0.4) is 0 Å². The van der Waals surface area contributed by atoms with Crippen molar-refractivity contribution in [3.05, 3.63) is 64.7 Å². The van der Waals surface area contributed by atoms with Crippen molar-refractivity contribution >= 4 is 35.0 Å². The highest BCUT2D eigenvalue weighted by Crippen LogP contribution is 2.21. The Kier molecular flexibility index (Phi) is 6.66. The predicted molar refractivity (Wildman–Crippen MR) is 108 cm³/mol. The second-order valence-corrected chi connectivity index (χ2v) is 7.08.